The van der Waals surface area contributed by atoms with Crippen LogP contribution in [0.1, 0.15) is 43.7 Å². The maximum Gasteiger partial charge on any atom is 0.305 e. The van der Waals surface area contributed by atoms with Gasteiger partial charge in [-0.25, -0.2) is 0 Å². The van der Waals surface area contributed by atoms with Crippen molar-refractivity contribution in [3.63, 3.8) is 0 Å². The van der Waals surface area contributed by atoms with E-state index < -0.39 is 31.5 Å². The standard InChI is InChI=1S/C39H47N3O9Si/c1-26-37(52(3,4)48)33(23-34(44)40(20-21-43)24-27-12-6-5-7-13-27)51-39(26)29-22-28(42-31-14-8-9-15-32(31)50-25-35(42)45)17-18-30(29)41(38(39)47)19-11-10-16-36(46)49-2/h5-9,12-15,17-18,22,26,33,37,43,48H,10-11,16,19-21,23-25H2,1-4H3/t26-,33+,37-,39+/m1/s1. The number of rotatable bonds is 13. The normalized spacial score (nSPS) is 22.3. The van der Waals surface area contributed by atoms with Crippen molar-refractivity contribution in [3.8, 4) is 5.75 Å². The number of aliphatic hydroxyl groups is 1. The lowest BCUT2D eigenvalue weighted by Gasteiger charge is -2.33. The van der Waals surface area contributed by atoms with Crippen LogP contribution < -0.4 is 14.5 Å². The second-order valence-corrected chi connectivity index (χ2v) is 18.2. The van der Waals surface area contributed by atoms with E-state index in [2.05, 4.69) is 0 Å². The molecule has 3 aliphatic heterocycles. The number of methoxy groups -OCH3 is 1. The van der Waals surface area contributed by atoms with E-state index in [0.717, 1.165) is 5.56 Å². The van der Waals surface area contributed by atoms with Gasteiger partial charge in [-0.2, -0.15) is 0 Å². The lowest BCUT2D eigenvalue weighted by atomic mass is 9.82. The fourth-order valence-corrected chi connectivity index (χ4v) is 10.7. The second kappa shape index (κ2) is 15.2. The molecule has 0 aromatic heterocycles. The fourth-order valence-electron chi connectivity index (χ4n) is 8.17. The summed E-state index contributed by atoms with van der Waals surface area (Å²) in [6.07, 6.45) is 0.326. The van der Waals surface area contributed by atoms with Gasteiger partial charge in [-0.15, -0.1) is 0 Å². The van der Waals surface area contributed by atoms with Crippen LogP contribution in [-0.4, -0.2) is 86.3 Å². The molecule has 1 fully saturated rings. The van der Waals surface area contributed by atoms with Gasteiger partial charge in [0.2, 0.25) is 5.91 Å². The highest BCUT2D eigenvalue weighted by molar-refractivity contribution is 6.71. The Hall–Kier alpha value is -4.56. The van der Waals surface area contributed by atoms with Crippen molar-refractivity contribution in [3.05, 3.63) is 83.9 Å². The number of benzene rings is 3. The smallest absolute Gasteiger partial charge is 0.305 e. The van der Waals surface area contributed by atoms with Gasteiger partial charge in [0.25, 0.3) is 11.8 Å². The Morgan fingerprint density at radius 2 is 1.75 bits per heavy atom. The van der Waals surface area contributed by atoms with E-state index in [0.29, 0.717) is 47.8 Å². The second-order valence-electron chi connectivity index (χ2n) is 14.3. The van der Waals surface area contributed by atoms with E-state index in [1.807, 2.05) is 61.5 Å². The number of hydrogen-bond acceptors (Lipinski definition) is 9. The zero-order valence-electron chi connectivity index (χ0n) is 30.1. The van der Waals surface area contributed by atoms with Crippen molar-refractivity contribution in [2.24, 2.45) is 5.92 Å². The Bertz CT molecular complexity index is 1820. The number of unbranched alkanes of at least 4 members (excludes halogenated alkanes) is 1. The van der Waals surface area contributed by atoms with Crippen LogP contribution >= 0.6 is 0 Å². The Balaban J connectivity index is 1.40. The van der Waals surface area contributed by atoms with E-state index >= 15 is 0 Å². The summed E-state index contributed by atoms with van der Waals surface area (Å²) >= 11 is 0. The van der Waals surface area contributed by atoms with Gasteiger partial charge in [-0.05, 0) is 61.8 Å². The zero-order chi connectivity index (χ0) is 37.2. The maximum absolute atomic E-state index is 14.9. The summed E-state index contributed by atoms with van der Waals surface area (Å²) in [4.78, 5) is 70.8. The third kappa shape index (κ3) is 6.97. The Kier molecular flexibility index (Phi) is 10.9. The number of para-hydroxylation sites is 2. The van der Waals surface area contributed by atoms with Crippen molar-refractivity contribution in [2.45, 2.75) is 69.5 Å². The molecule has 0 saturated carbocycles. The molecule has 0 radical (unpaired) electrons. The predicted molar refractivity (Wildman–Crippen MR) is 196 cm³/mol. The number of ether oxygens (including phenoxy) is 3. The highest BCUT2D eigenvalue weighted by Crippen LogP contribution is 2.60. The summed E-state index contributed by atoms with van der Waals surface area (Å²) in [5.74, 6) is -1.17. The summed E-state index contributed by atoms with van der Waals surface area (Å²) in [6.45, 7) is 5.83. The predicted octanol–water partition coefficient (Wildman–Crippen LogP) is 4.64. The SMILES string of the molecule is COC(=O)CCCCN1C(=O)[C@@]2(O[C@@H](CC(=O)N(CCO)Cc3ccccc3)[C@H]([Si](C)(C)O)[C@H]2C)c2cc(N3C(=O)COc4ccccc43)ccc21. The van der Waals surface area contributed by atoms with E-state index in [1.165, 1.54) is 7.11 Å². The molecule has 1 saturated heterocycles. The fraction of sp³-hybridized carbons (Fsp3) is 0.436. The average Bonchev–Trinajstić information content (AvgIpc) is 3.55. The molecule has 4 atom stereocenters. The molecule has 276 valence electrons. The molecule has 3 amide bonds. The molecule has 52 heavy (non-hydrogen) atoms. The summed E-state index contributed by atoms with van der Waals surface area (Å²) in [7, 11) is -1.77. The number of anilines is 3. The van der Waals surface area contributed by atoms with E-state index in [4.69, 9.17) is 14.2 Å². The number of aliphatic hydroxyl groups excluding tert-OH is 1. The Labute approximate surface area is 305 Å². The Morgan fingerprint density at radius 3 is 2.46 bits per heavy atom. The van der Waals surface area contributed by atoms with Gasteiger partial charge in [-0.3, -0.25) is 24.1 Å². The third-order valence-electron chi connectivity index (χ3n) is 10.5. The monoisotopic (exact) mass is 729 g/mol. The maximum atomic E-state index is 14.9. The van der Waals surface area contributed by atoms with Crippen molar-refractivity contribution in [1.29, 1.82) is 0 Å². The highest BCUT2D eigenvalue weighted by Gasteiger charge is 2.66. The molecule has 13 heteroatoms. The van der Waals surface area contributed by atoms with Gasteiger partial charge < -0.3 is 33.9 Å². The molecule has 6 rings (SSSR count). The van der Waals surface area contributed by atoms with Crippen LogP contribution in [0.2, 0.25) is 18.6 Å². The molecule has 0 bridgehead atoms. The van der Waals surface area contributed by atoms with Crippen LogP contribution in [-0.2, 0) is 40.8 Å². The lowest BCUT2D eigenvalue weighted by molar-refractivity contribution is -0.150. The van der Waals surface area contributed by atoms with Crippen LogP contribution in [0.4, 0.5) is 17.1 Å². The number of carbonyl (C=O) groups excluding carboxylic acids is 4. The molecule has 12 nitrogen and oxygen atoms in total. The first-order valence-electron chi connectivity index (χ1n) is 17.8. The minimum absolute atomic E-state index is 0.0999. The number of esters is 1. The molecule has 0 aliphatic carbocycles. The molecular formula is C39H47N3O9Si. The summed E-state index contributed by atoms with van der Waals surface area (Å²) in [5.41, 5.74) is 1.10. The van der Waals surface area contributed by atoms with E-state index in [1.54, 1.807) is 46.0 Å². The third-order valence-corrected chi connectivity index (χ3v) is 13.0. The lowest BCUT2D eigenvalue weighted by Crippen LogP contribution is -2.46. The van der Waals surface area contributed by atoms with Crippen molar-refractivity contribution in [2.75, 3.05) is 43.2 Å². The molecule has 1 spiro atoms. The number of nitrogens with zero attached hydrogens (tertiary/aromatic N) is 3. The van der Waals surface area contributed by atoms with E-state index in [9.17, 15) is 29.1 Å². The van der Waals surface area contributed by atoms with Gasteiger partial charge in [-0.1, -0.05) is 49.4 Å². The molecular weight excluding hydrogens is 683 g/mol. The number of carbonyl (C=O) groups is 4. The van der Waals surface area contributed by atoms with Crippen LogP contribution in [0.5, 0.6) is 5.75 Å². The summed E-state index contributed by atoms with van der Waals surface area (Å²) < 4.78 is 17.4. The van der Waals surface area contributed by atoms with Gasteiger partial charge in [0.15, 0.2) is 20.5 Å². The van der Waals surface area contributed by atoms with Crippen molar-refractivity contribution >= 4 is 49.1 Å². The van der Waals surface area contributed by atoms with Crippen molar-refractivity contribution in [1.82, 2.24) is 4.90 Å². The van der Waals surface area contributed by atoms with Crippen LogP contribution in [0.3, 0.4) is 0 Å². The molecule has 3 heterocycles. The molecule has 0 unspecified atom stereocenters. The van der Waals surface area contributed by atoms with Gasteiger partial charge >= 0.3 is 5.97 Å². The minimum Gasteiger partial charge on any atom is -0.482 e. The first-order chi connectivity index (χ1) is 24.9. The summed E-state index contributed by atoms with van der Waals surface area (Å²) in [6, 6.07) is 22.2. The zero-order valence-corrected chi connectivity index (χ0v) is 31.1. The number of fused-ring (bicyclic) bond motifs is 3. The van der Waals surface area contributed by atoms with Gasteiger partial charge in [0.1, 0.15) is 5.75 Å². The van der Waals surface area contributed by atoms with Gasteiger partial charge in [0, 0.05) is 48.8 Å². The quantitative estimate of drug-likeness (QED) is 0.146. The molecule has 3 aromatic rings. The molecule has 3 aromatic carbocycles. The minimum atomic E-state index is -3.11. The van der Waals surface area contributed by atoms with Crippen LogP contribution in [0.25, 0.3) is 0 Å². The number of hydrogen-bond donors (Lipinski definition) is 2. The Morgan fingerprint density at radius 1 is 1.02 bits per heavy atom. The number of amides is 3. The highest BCUT2D eigenvalue weighted by atomic mass is 28.4. The van der Waals surface area contributed by atoms with Crippen LogP contribution in [0.15, 0.2) is 72.8 Å². The van der Waals surface area contributed by atoms with Crippen molar-refractivity contribution < 1.29 is 43.3 Å². The first kappa shape index (κ1) is 37.2. The van der Waals surface area contributed by atoms with E-state index in [-0.39, 0.29) is 62.8 Å². The summed E-state index contributed by atoms with van der Waals surface area (Å²) in [5, 5.41) is 9.87. The topological polar surface area (TPSA) is 146 Å². The molecule has 2 N–H and O–H groups in total. The van der Waals surface area contributed by atoms with Crippen LogP contribution in [0, 0.1) is 5.92 Å². The average molecular weight is 730 g/mol. The first-order valence-corrected chi connectivity index (χ1v) is 20.8. The largest absolute Gasteiger partial charge is 0.482 e. The molecule has 3 aliphatic rings. The van der Waals surface area contributed by atoms with Gasteiger partial charge in [0.05, 0.1) is 37.6 Å².